The zero-order chi connectivity index (χ0) is 18.8. The van der Waals surface area contributed by atoms with Gasteiger partial charge in [0.05, 0.1) is 18.2 Å². The van der Waals surface area contributed by atoms with Crippen LogP contribution in [0.25, 0.3) is 22.4 Å². The first-order chi connectivity index (χ1) is 13.2. The molecule has 0 N–H and O–H groups in total. The summed E-state index contributed by atoms with van der Waals surface area (Å²) in [5.41, 5.74) is 1.55. The second-order valence-corrected chi connectivity index (χ2v) is 6.76. The molecule has 2 aromatic heterocycles. The third kappa shape index (κ3) is 3.29. The molecular formula is C20H17N3O3S. The summed E-state index contributed by atoms with van der Waals surface area (Å²) in [6.07, 6.45) is 1.81. The Morgan fingerprint density at radius 1 is 1.15 bits per heavy atom. The van der Waals surface area contributed by atoms with E-state index in [1.807, 2.05) is 61.5 Å². The fraction of sp³-hybridized carbons (Fsp3) is 0.150. The summed E-state index contributed by atoms with van der Waals surface area (Å²) in [6, 6.07) is 15.2. The molecule has 136 valence electrons. The van der Waals surface area contributed by atoms with Crippen LogP contribution < -0.4 is 19.6 Å². The van der Waals surface area contributed by atoms with Gasteiger partial charge in [-0.05, 0) is 30.7 Å². The van der Waals surface area contributed by atoms with E-state index in [1.165, 1.54) is 15.9 Å². The molecule has 0 saturated heterocycles. The molecule has 0 fully saturated rings. The molecule has 0 aliphatic rings. The quantitative estimate of drug-likeness (QED) is 0.533. The van der Waals surface area contributed by atoms with Gasteiger partial charge in [0.1, 0.15) is 0 Å². The molecule has 0 amide bonds. The third-order valence-corrected chi connectivity index (χ3v) is 4.96. The molecule has 0 radical (unpaired) electrons. The number of benzene rings is 2. The number of nitrogens with zero attached hydrogens (tertiary/aromatic N) is 3. The van der Waals surface area contributed by atoms with Crippen LogP contribution in [0.4, 0.5) is 0 Å². The Bertz CT molecular complexity index is 1200. The number of aromatic nitrogens is 3. The Morgan fingerprint density at radius 2 is 1.96 bits per heavy atom. The molecule has 4 aromatic rings. The molecule has 0 unspecified atom stereocenters. The van der Waals surface area contributed by atoms with Gasteiger partial charge in [-0.1, -0.05) is 47.7 Å². The maximum Gasteiger partial charge on any atom is 0.291 e. The molecule has 0 atom stereocenters. The standard InChI is InChI=1S/C20H17N3O3S/c1-3-26-15-10-9-13(11-16(15)25-2)12-17-19(24)23-20(27-17)21-18(22-23)14-7-5-4-6-8-14/h4-12H,3H2,1-2H3/b17-12-. The van der Waals surface area contributed by atoms with Gasteiger partial charge in [0, 0.05) is 5.56 Å². The number of rotatable bonds is 5. The highest BCUT2D eigenvalue weighted by molar-refractivity contribution is 7.15. The van der Waals surface area contributed by atoms with Gasteiger partial charge in [-0.3, -0.25) is 4.79 Å². The molecule has 0 aliphatic heterocycles. The summed E-state index contributed by atoms with van der Waals surface area (Å²) in [5.74, 6) is 1.85. The lowest BCUT2D eigenvalue weighted by Crippen LogP contribution is -2.23. The van der Waals surface area contributed by atoms with Gasteiger partial charge < -0.3 is 9.47 Å². The molecule has 2 aromatic carbocycles. The van der Waals surface area contributed by atoms with E-state index < -0.39 is 0 Å². The molecule has 0 spiro atoms. The lowest BCUT2D eigenvalue weighted by atomic mass is 10.2. The minimum Gasteiger partial charge on any atom is -0.493 e. The molecule has 0 bridgehead atoms. The van der Waals surface area contributed by atoms with Crippen LogP contribution in [0.2, 0.25) is 0 Å². The predicted octanol–water partition coefficient (Wildman–Crippen LogP) is 2.77. The number of fused-ring (bicyclic) bond motifs is 1. The highest BCUT2D eigenvalue weighted by Crippen LogP contribution is 2.28. The fourth-order valence-corrected chi connectivity index (χ4v) is 3.65. The maximum absolute atomic E-state index is 12.7. The smallest absolute Gasteiger partial charge is 0.291 e. The van der Waals surface area contributed by atoms with E-state index in [4.69, 9.17) is 9.47 Å². The number of methoxy groups -OCH3 is 1. The third-order valence-electron chi connectivity index (χ3n) is 4.00. The minimum absolute atomic E-state index is 0.183. The van der Waals surface area contributed by atoms with Gasteiger partial charge in [0.15, 0.2) is 17.3 Å². The molecular weight excluding hydrogens is 362 g/mol. The van der Waals surface area contributed by atoms with E-state index in [-0.39, 0.29) is 5.56 Å². The van der Waals surface area contributed by atoms with Crippen LogP contribution in [-0.2, 0) is 0 Å². The average molecular weight is 379 g/mol. The number of thiazole rings is 1. The summed E-state index contributed by atoms with van der Waals surface area (Å²) >= 11 is 1.31. The predicted molar refractivity (Wildman–Crippen MR) is 106 cm³/mol. The monoisotopic (exact) mass is 379 g/mol. The van der Waals surface area contributed by atoms with Crippen LogP contribution in [0.5, 0.6) is 11.5 Å². The van der Waals surface area contributed by atoms with Crippen LogP contribution >= 0.6 is 11.3 Å². The second-order valence-electron chi connectivity index (χ2n) is 5.75. The van der Waals surface area contributed by atoms with E-state index in [9.17, 15) is 4.79 Å². The molecule has 6 nitrogen and oxygen atoms in total. The molecule has 2 heterocycles. The maximum atomic E-state index is 12.7. The summed E-state index contributed by atoms with van der Waals surface area (Å²) in [4.78, 5) is 17.7. The summed E-state index contributed by atoms with van der Waals surface area (Å²) in [6.45, 7) is 2.48. The number of hydrogen-bond acceptors (Lipinski definition) is 6. The lowest BCUT2D eigenvalue weighted by Gasteiger charge is -2.09. The fourth-order valence-electron chi connectivity index (χ4n) is 2.74. The van der Waals surface area contributed by atoms with Crippen molar-refractivity contribution in [3.05, 3.63) is 69.0 Å². The summed E-state index contributed by atoms with van der Waals surface area (Å²) in [7, 11) is 1.59. The Balaban J connectivity index is 1.75. The van der Waals surface area contributed by atoms with Gasteiger partial charge in [0.25, 0.3) is 5.56 Å². The van der Waals surface area contributed by atoms with E-state index in [2.05, 4.69) is 10.1 Å². The first kappa shape index (κ1) is 17.2. The Labute approximate surface area is 159 Å². The Hall–Kier alpha value is -3.19. The second kappa shape index (κ2) is 7.20. The van der Waals surface area contributed by atoms with E-state index in [0.717, 1.165) is 11.1 Å². The van der Waals surface area contributed by atoms with Crippen molar-refractivity contribution in [1.82, 2.24) is 14.6 Å². The van der Waals surface area contributed by atoms with Crippen molar-refractivity contribution in [1.29, 1.82) is 0 Å². The van der Waals surface area contributed by atoms with Crippen molar-refractivity contribution in [2.24, 2.45) is 0 Å². The van der Waals surface area contributed by atoms with Crippen LogP contribution in [0.3, 0.4) is 0 Å². The Kier molecular flexibility index (Phi) is 4.60. The van der Waals surface area contributed by atoms with E-state index in [1.54, 1.807) is 7.11 Å². The largest absolute Gasteiger partial charge is 0.493 e. The summed E-state index contributed by atoms with van der Waals surface area (Å²) in [5, 5.41) is 4.36. The van der Waals surface area contributed by atoms with Crippen LogP contribution in [-0.4, -0.2) is 28.3 Å². The number of hydrogen-bond donors (Lipinski definition) is 0. The summed E-state index contributed by atoms with van der Waals surface area (Å²) < 4.78 is 12.8. The molecule has 4 rings (SSSR count). The van der Waals surface area contributed by atoms with Crippen molar-refractivity contribution in [3.63, 3.8) is 0 Å². The van der Waals surface area contributed by atoms with Crippen molar-refractivity contribution in [2.75, 3.05) is 13.7 Å². The zero-order valence-electron chi connectivity index (χ0n) is 14.9. The van der Waals surface area contributed by atoms with Crippen LogP contribution in [0, 0.1) is 0 Å². The van der Waals surface area contributed by atoms with Gasteiger partial charge in [-0.2, -0.15) is 9.50 Å². The van der Waals surface area contributed by atoms with Crippen LogP contribution in [0.15, 0.2) is 53.3 Å². The molecule has 27 heavy (non-hydrogen) atoms. The van der Waals surface area contributed by atoms with Gasteiger partial charge >= 0.3 is 0 Å². The van der Waals surface area contributed by atoms with E-state index >= 15 is 0 Å². The van der Waals surface area contributed by atoms with Crippen molar-refractivity contribution >= 4 is 22.4 Å². The Morgan fingerprint density at radius 3 is 2.67 bits per heavy atom. The molecule has 0 saturated carbocycles. The average Bonchev–Trinajstić information content (AvgIpc) is 3.24. The SMILES string of the molecule is CCOc1ccc(/C=c2\sc3nc(-c4ccccc4)nn3c2=O)cc1OC. The number of ether oxygens (including phenoxy) is 2. The van der Waals surface area contributed by atoms with Gasteiger partial charge in [-0.25, -0.2) is 0 Å². The normalized spacial score (nSPS) is 11.9. The van der Waals surface area contributed by atoms with Crippen molar-refractivity contribution < 1.29 is 9.47 Å². The molecule has 7 heteroatoms. The minimum atomic E-state index is -0.183. The van der Waals surface area contributed by atoms with Gasteiger partial charge in [0.2, 0.25) is 4.96 Å². The van der Waals surface area contributed by atoms with Crippen LogP contribution in [0.1, 0.15) is 12.5 Å². The zero-order valence-corrected chi connectivity index (χ0v) is 15.7. The first-order valence-corrected chi connectivity index (χ1v) is 9.29. The van der Waals surface area contributed by atoms with Gasteiger partial charge in [-0.15, -0.1) is 5.10 Å². The highest BCUT2D eigenvalue weighted by Gasteiger charge is 2.12. The first-order valence-electron chi connectivity index (χ1n) is 8.47. The molecule has 0 aliphatic carbocycles. The van der Waals surface area contributed by atoms with Crippen molar-refractivity contribution in [3.8, 4) is 22.9 Å². The van der Waals surface area contributed by atoms with E-state index in [0.29, 0.717) is 33.4 Å². The van der Waals surface area contributed by atoms with Crippen molar-refractivity contribution in [2.45, 2.75) is 6.92 Å². The highest BCUT2D eigenvalue weighted by atomic mass is 32.1. The topological polar surface area (TPSA) is 65.7 Å². The lowest BCUT2D eigenvalue weighted by molar-refractivity contribution is 0.311.